The minimum Gasteiger partial charge on any atom is -0.398 e. The van der Waals surface area contributed by atoms with Crippen molar-refractivity contribution in [2.75, 3.05) is 30.8 Å². The average molecular weight is 370 g/mol. The summed E-state index contributed by atoms with van der Waals surface area (Å²) >= 11 is 0. The fraction of sp³-hybridized carbons (Fsp3) is 0.316. The maximum absolute atomic E-state index is 14.3. The van der Waals surface area contributed by atoms with Gasteiger partial charge in [-0.3, -0.25) is 0 Å². The van der Waals surface area contributed by atoms with E-state index in [0.717, 1.165) is 36.3 Å². The van der Waals surface area contributed by atoms with E-state index in [2.05, 4.69) is 15.3 Å². The van der Waals surface area contributed by atoms with Crippen LogP contribution >= 0.6 is 0 Å². The molecule has 0 spiro atoms. The summed E-state index contributed by atoms with van der Waals surface area (Å²) in [5, 5.41) is 20.0. The van der Waals surface area contributed by atoms with Gasteiger partial charge >= 0.3 is 0 Å². The summed E-state index contributed by atoms with van der Waals surface area (Å²) in [6, 6.07) is 4.79. The van der Waals surface area contributed by atoms with E-state index < -0.39 is 5.82 Å². The number of nitrogens with zero attached hydrogens (tertiary/aromatic N) is 3. The maximum Gasteiger partial charge on any atom is 0.133 e. The van der Waals surface area contributed by atoms with Crippen LogP contribution < -0.4 is 16.0 Å². The lowest BCUT2D eigenvalue weighted by Crippen LogP contribution is -2.22. The molecule has 1 aromatic heterocycles. The number of aliphatic hydroxyl groups excluding tert-OH is 1. The molecule has 3 rings (SSSR count). The molecule has 0 radical (unpaired) electrons. The van der Waals surface area contributed by atoms with E-state index in [1.54, 1.807) is 19.3 Å². The van der Waals surface area contributed by atoms with E-state index in [9.17, 15) is 9.50 Å². The fourth-order valence-corrected chi connectivity index (χ4v) is 3.16. The number of β-amino-alcohol motifs (C(OH)–C–C–N with tert-alkyl or cyclic N) is 1. The van der Waals surface area contributed by atoms with Crippen molar-refractivity contribution < 1.29 is 9.50 Å². The molecule has 1 aliphatic rings. The lowest BCUT2D eigenvalue weighted by atomic mass is 9.99. The van der Waals surface area contributed by atoms with Crippen molar-refractivity contribution in [3.05, 3.63) is 53.4 Å². The third kappa shape index (κ3) is 4.22. The van der Waals surface area contributed by atoms with Crippen molar-refractivity contribution in [2.24, 2.45) is 0 Å². The van der Waals surface area contributed by atoms with Crippen LogP contribution in [0.2, 0.25) is 0 Å². The molecule has 0 amide bonds. The number of rotatable bonds is 6. The van der Waals surface area contributed by atoms with E-state index in [1.807, 2.05) is 11.0 Å². The lowest BCUT2D eigenvalue weighted by Gasteiger charge is -2.17. The topological polar surface area (TPSA) is 111 Å². The van der Waals surface area contributed by atoms with E-state index >= 15 is 0 Å². The summed E-state index contributed by atoms with van der Waals surface area (Å²) in [6.07, 6.45) is 4.94. The number of nitrogen functional groups attached to an aromatic ring is 1. The predicted octanol–water partition coefficient (Wildman–Crippen LogP) is 1.57. The Kier molecular flexibility index (Phi) is 5.66. The van der Waals surface area contributed by atoms with Crippen LogP contribution in [0.25, 0.3) is 5.57 Å². The van der Waals surface area contributed by atoms with Gasteiger partial charge in [-0.1, -0.05) is 0 Å². The van der Waals surface area contributed by atoms with E-state index in [4.69, 9.17) is 11.1 Å². The zero-order valence-corrected chi connectivity index (χ0v) is 15.1. The van der Waals surface area contributed by atoms with Crippen molar-refractivity contribution in [3.63, 3.8) is 0 Å². The van der Waals surface area contributed by atoms with Crippen LogP contribution in [0, 0.1) is 11.2 Å². The number of allylic oxidation sites excluding steroid dienone is 1. The Bertz CT molecular complexity index is 869. The van der Waals surface area contributed by atoms with E-state index in [1.165, 1.54) is 12.4 Å². The van der Waals surface area contributed by atoms with Crippen molar-refractivity contribution in [3.8, 4) is 0 Å². The second-order valence-corrected chi connectivity index (χ2v) is 6.50. The Morgan fingerprint density at radius 2 is 2.26 bits per heavy atom. The SMILES string of the molecule is CN/C=C(\C=N)c1cc(Cc2cc(N3CC[C@H](O)C3)ncn2)c(N)cc1F. The largest absolute Gasteiger partial charge is 0.398 e. The Morgan fingerprint density at radius 3 is 2.93 bits per heavy atom. The minimum atomic E-state index is -0.476. The van der Waals surface area contributed by atoms with Gasteiger partial charge in [0.1, 0.15) is 18.0 Å². The lowest BCUT2D eigenvalue weighted by molar-refractivity contribution is 0.198. The monoisotopic (exact) mass is 370 g/mol. The standard InChI is InChI=1S/C19H23FN6O/c1-23-9-13(8-21)16-5-12(18(22)7-17(16)20)4-14-6-19(25-11-24-14)26-3-2-15(27)10-26/h5-9,11,15,21,23,27H,2-4,10,22H2,1H3/b13-9+,21-8?/t15-/m0/s1. The number of benzene rings is 1. The van der Waals surface area contributed by atoms with Crippen molar-refractivity contribution in [1.29, 1.82) is 5.41 Å². The van der Waals surface area contributed by atoms with Gasteiger partial charge in [0.05, 0.1) is 11.8 Å². The number of hydrogen-bond donors (Lipinski definition) is 4. The Hall–Kier alpha value is -3.00. The molecule has 2 aromatic rings. The smallest absolute Gasteiger partial charge is 0.133 e. The number of aromatic nitrogens is 2. The van der Waals surface area contributed by atoms with Gasteiger partial charge in [0.25, 0.3) is 0 Å². The summed E-state index contributed by atoms with van der Waals surface area (Å²) in [5.41, 5.74) is 8.55. The molecule has 27 heavy (non-hydrogen) atoms. The third-order valence-electron chi connectivity index (χ3n) is 4.56. The van der Waals surface area contributed by atoms with Gasteiger partial charge in [-0.05, 0) is 24.1 Å². The van der Waals surface area contributed by atoms with Gasteiger partial charge in [0.2, 0.25) is 0 Å². The van der Waals surface area contributed by atoms with Crippen LogP contribution in [0.15, 0.2) is 30.7 Å². The van der Waals surface area contributed by atoms with Gasteiger partial charge in [-0.2, -0.15) is 0 Å². The first-order chi connectivity index (χ1) is 13.0. The zero-order valence-electron chi connectivity index (χ0n) is 15.1. The second-order valence-electron chi connectivity index (χ2n) is 6.50. The number of aliphatic hydroxyl groups is 1. The van der Waals surface area contributed by atoms with Crippen LogP contribution in [-0.2, 0) is 6.42 Å². The molecule has 8 heteroatoms. The first kappa shape index (κ1) is 18.8. The van der Waals surface area contributed by atoms with E-state index in [0.29, 0.717) is 29.8 Å². The molecule has 1 aliphatic heterocycles. The molecular formula is C19H23FN6O. The van der Waals surface area contributed by atoms with Crippen LogP contribution in [0.4, 0.5) is 15.9 Å². The average Bonchev–Trinajstić information content (AvgIpc) is 3.09. The molecule has 5 N–H and O–H groups in total. The molecule has 0 saturated carbocycles. The Labute approximate surface area is 157 Å². The van der Waals surface area contributed by atoms with Crippen LogP contribution in [0.1, 0.15) is 23.2 Å². The second kappa shape index (κ2) is 8.13. The van der Waals surface area contributed by atoms with Gasteiger partial charge in [0.15, 0.2) is 0 Å². The first-order valence-electron chi connectivity index (χ1n) is 8.72. The quantitative estimate of drug-likeness (QED) is 0.454. The first-order valence-corrected chi connectivity index (χ1v) is 8.72. The zero-order chi connectivity index (χ0) is 19.4. The normalized spacial score (nSPS) is 17.2. The van der Waals surface area contributed by atoms with Crippen molar-refractivity contribution >= 4 is 23.3 Å². The Morgan fingerprint density at radius 1 is 1.44 bits per heavy atom. The molecule has 1 aromatic carbocycles. The number of nitrogens with two attached hydrogens (primary N) is 1. The highest BCUT2D eigenvalue weighted by atomic mass is 19.1. The number of anilines is 2. The van der Waals surface area contributed by atoms with Gasteiger partial charge in [-0.15, -0.1) is 0 Å². The molecule has 1 fully saturated rings. The van der Waals surface area contributed by atoms with Gasteiger partial charge in [-0.25, -0.2) is 14.4 Å². The molecule has 0 unspecified atom stereocenters. The molecule has 142 valence electrons. The maximum atomic E-state index is 14.3. The van der Waals surface area contributed by atoms with Crippen LogP contribution in [-0.4, -0.2) is 47.5 Å². The summed E-state index contributed by atoms with van der Waals surface area (Å²) < 4.78 is 14.3. The Balaban J connectivity index is 1.89. The molecular weight excluding hydrogens is 347 g/mol. The van der Waals surface area contributed by atoms with E-state index in [-0.39, 0.29) is 6.10 Å². The summed E-state index contributed by atoms with van der Waals surface area (Å²) in [4.78, 5) is 10.6. The molecule has 0 bridgehead atoms. The highest BCUT2D eigenvalue weighted by Gasteiger charge is 2.21. The third-order valence-corrected chi connectivity index (χ3v) is 4.56. The fourth-order valence-electron chi connectivity index (χ4n) is 3.16. The van der Waals surface area contributed by atoms with Crippen LogP contribution in [0.5, 0.6) is 0 Å². The van der Waals surface area contributed by atoms with Crippen molar-refractivity contribution in [1.82, 2.24) is 15.3 Å². The molecule has 1 saturated heterocycles. The number of nitrogens with one attached hydrogen (secondary N) is 2. The number of halogens is 1. The van der Waals surface area contributed by atoms with Crippen molar-refractivity contribution in [2.45, 2.75) is 18.9 Å². The summed E-state index contributed by atoms with van der Waals surface area (Å²) in [7, 11) is 1.69. The number of hydrogen-bond acceptors (Lipinski definition) is 7. The predicted molar refractivity (Wildman–Crippen MR) is 104 cm³/mol. The molecule has 0 aliphatic carbocycles. The summed E-state index contributed by atoms with van der Waals surface area (Å²) in [6.45, 7) is 1.30. The van der Waals surface area contributed by atoms with Gasteiger partial charge < -0.3 is 26.5 Å². The van der Waals surface area contributed by atoms with Gasteiger partial charge in [0, 0.05) is 61.9 Å². The van der Waals surface area contributed by atoms with Crippen LogP contribution in [0.3, 0.4) is 0 Å². The summed E-state index contributed by atoms with van der Waals surface area (Å²) in [5.74, 6) is 0.281. The molecule has 1 atom stereocenters. The molecule has 7 nitrogen and oxygen atoms in total. The highest BCUT2D eigenvalue weighted by Crippen LogP contribution is 2.26. The molecule has 2 heterocycles. The minimum absolute atomic E-state index is 0.306. The highest BCUT2D eigenvalue weighted by molar-refractivity contribution is 6.08.